The van der Waals surface area contributed by atoms with Gasteiger partial charge in [-0.3, -0.25) is 0 Å². The topological polar surface area (TPSA) is 42.7 Å². The Hall–Kier alpha value is -1.36. The van der Waals surface area contributed by atoms with Crippen LogP contribution in [0, 0.1) is 0 Å². The van der Waals surface area contributed by atoms with Crippen molar-refractivity contribution in [3.63, 3.8) is 0 Å². The molecule has 0 radical (unpaired) electrons. The molecule has 0 aliphatic rings. The van der Waals surface area contributed by atoms with Gasteiger partial charge in [-0.25, -0.2) is 4.68 Å². The Morgan fingerprint density at radius 3 is 3.15 bits per heavy atom. The van der Waals surface area contributed by atoms with Gasteiger partial charge in [-0.05, 0) is 11.4 Å². The summed E-state index contributed by atoms with van der Waals surface area (Å²) in [7, 11) is 1.86. The van der Waals surface area contributed by atoms with Gasteiger partial charge in [0.05, 0.1) is 6.54 Å². The van der Waals surface area contributed by atoms with Gasteiger partial charge in [0.25, 0.3) is 0 Å². The average molecular weight is 194 g/mol. The molecule has 4 nitrogen and oxygen atoms in total. The van der Waals surface area contributed by atoms with E-state index >= 15 is 0 Å². The predicted molar refractivity (Wildman–Crippen MR) is 52.6 cm³/mol. The predicted octanol–water partition coefficient (Wildman–Crippen LogP) is 1.49. The van der Waals surface area contributed by atoms with Crippen LogP contribution in [0.25, 0.3) is 0 Å². The fraction of sp³-hybridized carbons (Fsp3) is 0.250. The number of aromatic nitrogens is 3. The molecule has 0 aromatic carbocycles. The van der Waals surface area contributed by atoms with Gasteiger partial charge >= 0.3 is 0 Å². The first kappa shape index (κ1) is 8.25. The molecule has 0 bridgehead atoms. The fourth-order valence-electron chi connectivity index (χ4n) is 1.04. The SMILES string of the molecule is Cn1ncnc1NCc1cccs1. The molecular weight excluding hydrogens is 184 g/mol. The van der Waals surface area contributed by atoms with Gasteiger partial charge in [-0.2, -0.15) is 10.1 Å². The Labute approximate surface area is 80.2 Å². The summed E-state index contributed by atoms with van der Waals surface area (Å²) in [6, 6.07) is 4.13. The van der Waals surface area contributed by atoms with Crippen LogP contribution in [0.4, 0.5) is 5.95 Å². The lowest BCUT2D eigenvalue weighted by Gasteiger charge is -2.01. The second kappa shape index (κ2) is 3.57. The lowest BCUT2D eigenvalue weighted by atomic mass is 10.5. The van der Waals surface area contributed by atoms with E-state index in [1.165, 1.54) is 11.2 Å². The minimum absolute atomic E-state index is 0.799. The molecule has 13 heavy (non-hydrogen) atoms. The summed E-state index contributed by atoms with van der Waals surface area (Å²) < 4.78 is 1.72. The first-order valence-corrected chi connectivity index (χ1v) is 4.84. The fourth-order valence-corrected chi connectivity index (χ4v) is 1.68. The summed E-state index contributed by atoms with van der Waals surface area (Å²) in [5, 5.41) is 9.22. The molecule has 0 saturated carbocycles. The Morgan fingerprint density at radius 2 is 2.54 bits per heavy atom. The van der Waals surface area contributed by atoms with Crippen LogP contribution < -0.4 is 5.32 Å². The molecule has 2 rings (SSSR count). The Kier molecular flexibility index (Phi) is 2.27. The molecular formula is C8H10N4S. The summed E-state index contributed by atoms with van der Waals surface area (Å²) in [5.74, 6) is 0.799. The summed E-state index contributed by atoms with van der Waals surface area (Å²) in [4.78, 5) is 5.36. The number of aryl methyl sites for hydroxylation is 1. The molecule has 0 amide bonds. The van der Waals surface area contributed by atoms with Crippen LogP contribution in [-0.4, -0.2) is 14.8 Å². The molecule has 68 valence electrons. The monoisotopic (exact) mass is 194 g/mol. The van der Waals surface area contributed by atoms with Gasteiger partial charge < -0.3 is 5.32 Å². The smallest absolute Gasteiger partial charge is 0.221 e. The van der Waals surface area contributed by atoms with Gasteiger partial charge in [0.15, 0.2) is 0 Å². The standard InChI is InChI=1S/C8H10N4S/c1-12-8(10-6-11-12)9-5-7-3-2-4-13-7/h2-4,6H,5H2,1H3,(H,9,10,11). The maximum atomic E-state index is 4.06. The first-order valence-electron chi connectivity index (χ1n) is 3.96. The zero-order valence-electron chi connectivity index (χ0n) is 7.27. The van der Waals surface area contributed by atoms with E-state index in [9.17, 15) is 0 Å². The minimum atomic E-state index is 0.799. The highest BCUT2D eigenvalue weighted by Crippen LogP contribution is 2.10. The van der Waals surface area contributed by atoms with Crippen molar-refractivity contribution >= 4 is 17.3 Å². The lowest BCUT2D eigenvalue weighted by Crippen LogP contribution is -2.04. The quantitative estimate of drug-likeness (QED) is 0.805. The van der Waals surface area contributed by atoms with Crippen LogP contribution in [0.5, 0.6) is 0 Å². The lowest BCUT2D eigenvalue weighted by molar-refractivity contribution is 0.767. The van der Waals surface area contributed by atoms with E-state index in [4.69, 9.17) is 0 Å². The zero-order chi connectivity index (χ0) is 9.10. The largest absolute Gasteiger partial charge is 0.350 e. The van der Waals surface area contributed by atoms with E-state index in [0.29, 0.717) is 0 Å². The van der Waals surface area contributed by atoms with Crippen molar-refractivity contribution in [3.8, 4) is 0 Å². The minimum Gasteiger partial charge on any atom is -0.350 e. The second-order valence-electron chi connectivity index (χ2n) is 2.64. The van der Waals surface area contributed by atoms with Gasteiger partial charge in [-0.1, -0.05) is 6.07 Å². The van der Waals surface area contributed by atoms with E-state index in [1.54, 1.807) is 16.0 Å². The van der Waals surface area contributed by atoms with Crippen LogP contribution >= 0.6 is 11.3 Å². The van der Waals surface area contributed by atoms with Crippen molar-refractivity contribution in [2.45, 2.75) is 6.54 Å². The molecule has 0 unspecified atom stereocenters. The second-order valence-corrected chi connectivity index (χ2v) is 3.67. The molecule has 0 atom stereocenters. The molecule has 2 aromatic heterocycles. The van der Waals surface area contributed by atoms with E-state index in [2.05, 4.69) is 26.8 Å². The molecule has 2 heterocycles. The van der Waals surface area contributed by atoms with Gasteiger partial charge in [0.2, 0.25) is 5.95 Å². The summed E-state index contributed by atoms with van der Waals surface area (Å²) in [6.45, 7) is 0.810. The Morgan fingerprint density at radius 1 is 1.62 bits per heavy atom. The van der Waals surface area contributed by atoms with Gasteiger partial charge in [0, 0.05) is 11.9 Å². The molecule has 0 spiro atoms. The maximum absolute atomic E-state index is 4.06. The van der Waals surface area contributed by atoms with E-state index in [1.807, 2.05) is 13.1 Å². The number of hydrogen-bond acceptors (Lipinski definition) is 4. The van der Waals surface area contributed by atoms with Gasteiger partial charge in [0.1, 0.15) is 6.33 Å². The van der Waals surface area contributed by atoms with Crippen LogP contribution in [0.15, 0.2) is 23.8 Å². The third-order valence-corrected chi connectivity index (χ3v) is 2.59. The van der Waals surface area contributed by atoms with E-state index in [-0.39, 0.29) is 0 Å². The first-order chi connectivity index (χ1) is 6.36. The average Bonchev–Trinajstić information content (AvgIpc) is 2.72. The summed E-state index contributed by atoms with van der Waals surface area (Å²) in [5.41, 5.74) is 0. The molecule has 0 aliphatic heterocycles. The summed E-state index contributed by atoms with van der Waals surface area (Å²) >= 11 is 1.73. The van der Waals surface area contributed by atoms with Crippen LogP contribution in [0.3, 0.4) is 0 Å². The number of nitrogens with zero attached hydrogens (tertiary/aromatic N) is 3. The maximum Gasteiger partial charge on any atom is 0.221 e. The van der Waals surface area contributed by atoms with Crippen molar-refractivity contribution in [1.29, 1.82) is 0 Å². The van der Waals surface area contributed by atoms with E-state index in [0.717, 1.165) is 12.5 Å². The number of rotatable bonds is 3. The number of anilines is 1. The van der Waals surface area contributed by atoms with E-state index < -0.39 is 0 Å². The van der Waals surface area contributed by atoms with Gasteiger partial charge in [-0.15, -0.1) is 11.3 Å². The highest BCUT2D eigenvalue weighted by Gasteiger charge is 1.98. The third kappa shape index (κ3) is 1.86. The molecule has 0 fully saturated rings. The molecule has 2 aromatic rings. The summed E-state index contributed by atoms with van der Waals surface area (Å²) in [6.07, 6.45) is 1.54. The Bertz CT molecular complexity index is 365. The molecule has 0 aliphatic carbocycles. The number of nitrogens with one attached hydrogen (secondary N) is 1. The van der Waals surface area contributed by atoms with Crippen LogP contribution in [-0.2, 0) is 13.6 Å². The van der Waals surface area contributed by atoms with Crippen molar-refractivity contribution in [2.75, 3.05) is 5.32 Å². The zero-order valence-corrected chi connectivity index (χ0v) is 8.08. The third-order valence-electron chi connectivity index (χ3n) is 1.71. The van der Waals surface area contributed by atoms with Crippen molar-refractivity contribution in [1.82, 2.24) is 14.8 Å². The van der Waals surface area contributed by atoms with Crippen molar-refractivity contribution in [2.24, 2.45) is 7.05 Å². The normalized spacial score (nSPS) is 10.2. The molecule has 1 N–H and O–H groups in total. The number of hydrogen-bond donors (Lipinski definition) is 1. The van der Waals surface area contributed by atoms with Crippen LogP contribution in [0.1, 0.15) is 4.88 Å². The molecule has 0 saturated heterocycles. The molecule has 5 heteroatoms. The Balaban J connectivity index is 1.97. The number of thiophene rings is 1. The van der Waals surface area contributed by atoms with Crippen molar-refractivity contribution < 1.29 is 0 Å². The van der Waals surface area contributed by atoms with Crippen LogP contribution in [0.2, 0.25) is 0 Å². The highest BCUT2D eigenvalue weighted by atomic mass is 32.1. The van der Waals surface area contributed by atoms with Crippen molar-refractivity contribution in [3.05, 3.63) is 28.7 Å². The highest BCUT2D eigenvalue weighted by molar-refractivity contribution is 7.09.